The van der Waals surface area contributed by atoms with Gasteiger partial charge in [-0.3, -0.25) is 9.36 Å². The molecule has 0 fully saturated rings. The van der Waals surface area contributed by atoms with Crippen LogP contribution in [0.15, 0.2) is 23.0 Å². The Bertz CT molecular complexity index is 699. The van der Waals surface area contributed by atoms with Gasteiger partial charge in [0.25, 0.3) is 5.56 Å². The van der Waals surface area contributed by atoms with Crippen molar-refractivity contribution >= 4 is 29.1 Å². The number of carboxylic acid groups (broad SMARTS) is 1. The normalized spacial score (nSPS) is 10.6. The lowest BCUT2D eigenvalue weighted by molar-refractivity contribution is 0.0697. The lowest BCUT2D eigenvalue weighted by Gasteiger charge is -2.03. The maximum Gasteiger partial charge on any atom is 0.335 e. The van der Waals surface area contributed by atoms with Crippen LogP contribution in [-0.2, 0) is 7.05 Å². The van der Waals surface area contributed by atoms with Crippen molar-refractivity contribution in [2.75, 3.05) is 0 Å². The molecule has 6 heteroatoms. The van der Waals surface area contributed by atoms with E-state index in [-0.39, 0.29) is 15.9 Å². The van der Waals surface area contributed by atoms with Crippen molar-refractivity contribution in [3.63, 3.8) is 0 Å². The minimum Gasteiger partial charge on any atom is -0.478 e. The standard InChI is InChI=1S/C10H8N2O3S/c1-12-8(13)6-3-2-5(9(14)15)4-7(6)11-10(12)16/h2-4H,1H3,(H,11,16)(H,14,15). The van der Waals surface area contributed by atoms with Gasteiger partial charge in [0.15, 0.2) is 4.77 Å². The minimum absolute atomic E-state index is 0.117. The molecule has 0 atom stereocenters. The van der Waals surface area contributed by atoms with Crippen LogP contribution in [0, 0.1) is 4.77 Å². The molecule has 2 N–H and O–H groups in total. The van der Waals surface area contributed by atoms with E-state index in [1.54, 1.807) is 7.05 Å². The van der Waals surface area contributed by atoms with Gasteiger partial charge in [-0.15, -0.1) is 0 Å². The molecule has 1 heterocycles. The summed E-state index contributed by atoms with van der Waals surface area (Å²) < 4.78 is 1.57. The van der Waals surface area contributed by atoms with Crippen LogP contribution in [-0.4, -0.2) is 20.6 Å². The summed E-state index contributed by atoms with van der Waals surface area (Å²) in [6.07, 6.45) is 0. The Morgan fingerprint density at radius 1 is 1.50 bits per heavy atom. The number of carboxylic acids is 1. The predicted octanol–water partition coefficient (Wildman–Crippen LogP) is 1.29. The topological polar surface area (TPSA) is 75.1 Å². The highest BCUT2D eigenvalue weighted by molar-refractivity contribution is 7.71. The molecule has 16 heavy (non-hydrogen) atoms. The summed E-state index contributed by atoms with van der Waals surface area (Å²) in [5.41, 5.74) is 0.315. The maximum atomic E-state index is 11.8. The number of aromatic nitrogens is 2. The van der Waals surface area contributed by atoms with Crippen molar-refractivity contribution in [1.82, 2.24) is 9.55 Å². The predicted molar refractivity (Wildman–Crippen MR) is 61.3 cm³/mol. The summed E-state index contributed by atoms with van der Waals surface area (Å²) in [6.45, 7) is 0. The van der Waals surface area contributed by atoms with Gasteiger partial charge in [-0.2, -0.15) is 0 Å². The zero-order valence-electron chi connectivity index (χ0n) is 8.35. The van der Waals surface area contributed by atoms with E-state index in [1.807, 2.05) is 0 Å². The second-order valence-corrected chi connectivity index (χ2v) is 3.75. The van der Waals surface area contributed by atoms with Gasteiger partial charge >= 0.3 is 5.97 Å². The first kappa shape index (κ1) is 10.6. The third-order valence-corrected chi connectivity index (χ3v) is 2.72. The van der Waals surface area contributed by atoms with E-state index in [4.69, 9.17) is 17.3 Å². The highest BCUT2D eigenvalue weighted by Gasteiger charge is 2.07. The van der Waals surface area contributed by atoms with Crippen molar-refractivity contribution in [2.24, 2.45) is 7.05 Å². The smallest absolute Gasteiger partial charge is 0.335 e. The number of aromatic carboxylic acids is 1. The molecule has 5 nitrogen and oxygen atoms in total. The second-order valence-electron chi connectivity index (χ2n) is 3.36. The van der Waals surface area contributed by atoms with Crippen LogP contribution in [0.25, 0.3) is 10.9 Å². The lowest BCUT2D eigenvalue weighted by Crippen LogP contribution is -2.18. The van der Waals surface area contributed by atoms with Crippen LogP contribution in [0.2, 0.25) is 0 Å². The SMILES string of the molecule is Cn1c(=S)[nH]c2cc(C(=O)O)ccc2c1=O. The van der Waals surface area contributed by atoms with Gasteiger partial charge in [0.05, 0.1) is 16.5 Å². The molecule has 0 aliphatic heterocycles. The first-order valence-corrected chi connectivity index (χ1v) is 4.88. The zero-order valence-corrected chi connectivity index (χ0v) is 9.17. The van der Waals surface area contributed by atoms with Crippen LogP contribution >= 0.6 is 12.2 Å². The average molecular weight is 236 g/mol. The monoisotopic (exact) mass is 236 g/mol. The minimum atomic E-state index is -1.04. The molecule has 0 aliphatic rings. The van der Waals surface area contributed by atoms with E-state index in [0.717, 1.165) is 0 Å². The number of fused-ring (bicyclic) bond motifs is 1. The molecule has 0 radical (unpaired) electrons. The van der Waals surface area contributed by atoms with Crippen LogP contribution in [0.5, 0.6) is 0 Å². The summed E-state index contributed by atoms with van der Waals surface area (Å²) in [5, 5.41) is 9.23. The first-order chi connectivity index (χ1) is 7.50. The Balaban J connectivity index is 2.92. The fourth-order valence-electron chi connectivity index (χ4n) is 1.44. The molecule has 0 aliphatic carbocycles. The van der Waals surface area contributed by atoms with E-state index in [2.05, 4.69) is 4.98 Å². The molecule has 2 aromatic rings. The van der Waals surface area contributed by atoms with Crippen molar-refractivity contribution in [3.05, 3.63) is 38.9 Å². The number of hydrogen-bond donors (Lipinski definition) is 2. The molecule has 0 amide bonds. The molecule has 0 spiro atoms. The van der Waals surface area contributed by atoms with Gasteiger partial charge in [-0.25, -0.2) is 4.79 Å². The summed E-state index contributed by atoms with van der Waals surface area (Å²) >= 11 is 4.94. The van der Waals surface area contributed by atoms with Crippen LogP contribution in [0.3, 0.4) is 0 Å². The van der Waals surface area contributed by atoms with Gasteiger partial charge in [0, 0.05) is 7.05 Å². The number of benzene rings is 1. The number of aromatic amines is 1. The number of H-pyrrole nitrogens is 1. The quantitative estimate of drug-likeness (QED) is 0.732. The van der Waals surface area contributed by atoms with Gasteiger partial charge < -0.3 is 10.1 Å². The Morgan fingerprint density at radius 2 is 2.19 bits per heavy atom. The third-order valence-electron chi connectivity index (χ3n) is 2.35. The van der Waals surface area contributed by atoms with E-state index >= 15 is 0 Å². The molecule has 82 valence electrons. The molecule has 0 unspecified atom stereocenters. The highest BCUT2D eigenvalue weighted by Crippen LogP contribution is 2.10. The number of rotatable bonds is 1. The number of nitrogens with one attached hydrogen (secondary N) is 1. The zero-order chi connectivity index (χ0) is 11.9. The summed E-state index contributed by atoms with van der Waals surface area (Å²) in [4.78, 5) is 25.3. The van der Waals surface area contributed by atoms with Crippen LogP contribution in [0.1, 0.15) is 10.4 Å². The van der Waals surface area contributed by atoms with Crippen molar-refractivity contribution < 1.29 is 9.90 Å². The average Bonchev–Trinajstić information content (AvgIpc) is 2.25. The second kappa shape index (κ2) is 3.57. The number of hydrogen-bond acceptors (Lipinski definition) is 3. The molecule has 1 aromatic heterocycles. The number of nitrogens with zero attached hydrogens (tertiary/aromatic N) is 1. The first-order valence-electron chi connectivity index (χ1n) is 4.47. The van der Waals surface area contributed by atoms with Crippen LogP contribution < -0.4 is 5.56 Å². The Morgan fingerprint density at radius 3 is 2.81 bits per heavy atom. The Labute approximate surface area is 95.0 Å². The van der Waals surface area contributed by atoms with Gasteiger partial charge in [0.1, 0.15) is 0 Å². The van der Waals surface area contributed by atoms with E-state index < -0.39 is 5.97 Å². The van der Waals surface area contributed by atoms with Gasteiger partial charge in [-0.05, 0) is 30.4 Å². The van der Waals surface area contributed by atoms with E-state index in [9.17, 15) is 9.59 Å². The van der Waals surface area contributed by atoms with Gasteiger partial charge in [-0.1, -0.05) is 0 Å². The molecule has 0 saturated heterocycles. The Hall–Kier alpha value is -1.95. The largest absolute Gasteiger partial charge is 0.478 e. The fraction of sp³-hybridized carbons (Fsp3) is 0.100. The maximum absolute atomic E-state index is 11.8. The van der Waals surface area contributed by atoms with E-state index in [1.165, 1.54) is 22.8 Å². The van der Waals surface area contributed by atoms with Crippen molar-refractivity contribution in [1.29, 1.82) is 0 Å². The molecular weight excluding hydrogens is 228 g/mol. The Kier molecular flexibility index (Phi) is 2.35. The molecule has 0 bridgehead atoms. The van der Waals surface area contributed by atoms with E-state index in [0.29, 0.717) is 10.9 Å². The number of carbonyl (C=O) groups is 1. The van der Waals surface area contributed by atoms with Gasteiger partial charge in [0.2, 0.25) is 0 Å². The molecule has 0 saturated carbocycles. The van der Waals surface area contributed by atoms with Crippen LogP contribution in [0.4, 0.5) is 0 Å². The third kappa shape index (κ3) is 1.53. The summed E-state index contributed by atoms with van der Waals surface area (Å²) in [7, 11) is 1.56. The molecular formula is C10H8N2O3S. The van der Waals surface area contributed by atoms with Crippen molar-refractivity contribution in [3.8, 4) is 0 Å². The summed E-state index contributed by atoms with van der Waals surface area (Å²) in [5.74, 6) is -1.04. The fourth-order valence-corrected chi connectivity index (χ4v) is 1.63. The molecule has 2 rings (SSSR count). The summed E-state index contributed by atoms with van der Waals surface area (Å²) in [6, 6.07) is 4.27. The highest BCUT2D eigenvalue weighted by atomic mass is 32.1. The lowest BCUT2D eigenvalue weighted by atomic mass is 10.1. The van der Waals surface area contributed by atoms with Crippen molar-refractivity contribution in [2.45, 2.75) is 0 Å². The molecule has 1 aromatic carbocycles.